The molecule has 0 bridgehead atoms. The van der Waals surface area contributed by atoms with Crippen molar-refractivity contribution in [2.45, 2.75) is 25.2 Å². The second kappa shape index (κ2) is 8.07. The van der Waals surface area contributed by atoms with Crippen molar-refractivity contribution >= 4 is 28.7 Å². The van der Waals surface area contributed by atoms with E-state index in [1.807, 2.05) is 39.8 Å². The predicted molar refractivity (Wildman–Crippen MR) is 125 cm³/mol. The number of nitrogens with zero attached hydrogens (tertiary/aromatic N) is 5. The molecule has 2 aliphatic rings. The first-order chi connectivity index (χ1) is 16.6. The van der Waals surface area contributed by atoms with Gasteiger partial charge in [-0.2, -0.15) is 0 Å². The number of piperidine rings is 1. The van der Waals surface area contributed by atoms with E-state index in [0.29, 0.717) is 30.2 Å². The third-order valence-electron chi connectivity index (χ3n) is 6.43. The summed E-state index contributed by atoms with van der Waals surface area (Å²) < 4.78 is 15.5. The number of benzene rings is 1. The molecule has 1 aromatic carbocycles. The summed E-state index contributed by atoms with van der Waals surface area (Å²) in [5.74, 6) is 0.440. The number of hydrogen-bond donors (Lipinski definition) is 3. The Morgan fingerprint density at radius 2 is 2.06 bits per heavy atom. The fourth-order valence-corrected chi connectivity index (χ4v) is 4.66. The lowest BCUT2D eigenvalue weighted by Crippen LogP contribution is -2.45. The molecule has 1 amide bonds. The van der Waals surface area contributed by atoms with Crippen molar-refractivity contribution in [1.82, 2.24) is 24.7 Å². The first-order valence-corrected chi connectivity index (χ1v) is 11.1. The van der Waals surface area contributed by atoms with Crippen LogP contribution in [-0.2, 0) is 6.54 Å². The molecule has 172 valence electrons. The largest absolute Gasteiger partial charge is 0.388 e. The van der Waals surface area contributed by atoms with Gasteiger partial charge in [0.15, 0.2) is 5.65 Å². The number of aliphatic hydroxyl groups excluding tert-OH is 1. The number of nitrogens with one attached hydrogen (secondary N) is 2. The lowest BCUT2D eigenvalue weighted by molar-refractivity contribution is 0.0645. The molecular weight excluding hydrogens is 437 g/mol. The summed E-state index contributed by atoms with van der Waals surface area (Å²) in [6.45, 7) is 1.20. The highest BCUT2D eigenvalue weighted by Gasteiger charge is 2.29. The predicted octanol–water partition coefficient (Wildman–Crippen LogP) is 2.69. The van der Waals surface area contributed by atoms with Crippen LogP contribution in [0.25, 0.3) is 16.9 Å². The average molecular weight is 459 g/mol. The Morgan fingerprint density at radius 3 is 2.88 bits per heavy atom. The van der Waals surface area contributed by atoms with Gasteiger partial charge in [-0.15, -0.1) is 0 Å². The van der Waals surface area contributed by atoms with Gasteiger partial charge in [0.05, 0.1) is 41.2 Å². The van der Waals surface area contributed by atoms with Crippen LogP contribution in [0.4, 0.5) is 21.6 Å². The molecule has 1 saturated heterocycles. The van der Waals surface area contributed by atoms with Crippen LogP contribution in [0.1, 0.15) is 22.3 Å². The minimum absolute atomic E-state index is 0.144. The summed E-state index contributed by atoms with van der Waals surface area (Å²) in [6, 6.07) is 7.54. The Balaban J connectivity index is 1.29. The second-order valence-electron chi connectivity index (χ2n) is 8.49. The van der Waals surface area contributed by atoms with Crippen LogP contribution in [-0.4, -0.2) is 55.7 Å². The summed E-state index contributed by atoms with van der Waals surface area (Å²) in [7, 11) is 0. The molecule has 9 nitrogen and oxygen atoms in total. The third-order valence-corrected chi connectivity index (χ3v) is 6.43. The molecule has 4 aromatic rings. The van der Waals surface area contributed by atoms with Crippen molar-refractivity contribution in [3.8, 4) is 11.3 Å². The van der Waals surface area contributed by atoms with Crippen molar-refractivity contribution in [2.75, 3.05) is 23.3 Å². The standard InChI is InChI=1S/C24H22FN7O2/c25-17-5-7-31(13-20(17)33)14-1-4-21(27-9-14)30-18-3-2-15(16-10-29-24(34)23(16)18)19-11-28-22-12-26-6-8-32(19)22/h1-4,6,8-9,11-12,17,20,33H,5,7,10,13H2,(H,27,30)(H,29,34)/t17-,20-/m0/s1. The fraction of sp³-hybridized carbons (Fsp3) is 0.250. The molecular formula is C24H22FN7O2. The summed E-state index contributed by atoms with van der Waals surface area (Å²) >= 11 is 0. The molecule has 2 atom stereocenters. The number of aliphatic hydroxyl groups is 1. The van der Waals surface area contributed by atoms with E-state index in [9.17, 15) is 14.3 Å². The average Bonchev–Trinajstić information content (AvgIpc) is 3.46. The molecule has 2 aliphatic heterocycles. The Bertz CT molecular complexity index is 1390. The lowest BCUT2D eigenvalue weighted by atomic mass is 9.99. The van der Waals surface area contributed by atoms with Gasteiger partial charge in [0.2, 0.25) is 0 Å². The number of imidazole rings is 1. The maximum Gasteiger partial charge on any atom is 0.254 e. The Hall–Kier alpha value is -4.05. The smallest absolute Gasteiger partial charge is 0.254 e. The highest BCUT2D eigenvalue weighted by molar-refractivity contribution is 6.06. The van der Waals surface area contributed by atoms with Gasteiger partial charge < -0.3 is 20.6 Å². The monoisotopic (exact) mass is 459 g/mol. The molecule has 0 spiro atoms. The Morgan fingerprint density at radius 1 is 1.15 bits per heavy atom. The number of halogens is 1. The molecule has 0 radical (unpaired) electrons. The van der Waals surface area contributed by atoms with E-state index in [2.05, 4.69) is 25.6 Å². The maximum absolute atomic E-state index is 13.6. The van der Waals surface area contributed by atoms with Crippen LogP contribution in [0.5, 0.6) is 0 Å². The van der Waals surface area contributed by atoms with Crippen molar-refractivity contribution in [3.63, 3.8) is 0 Å². The van der Waals surface area contributed by atoms with Gasteiger partial charge in [0.1, 0.15) is 18.1 Å². The number of alkyl halides is 1. The van der Waals surface area contributed by atoms with Crippen molar-refractivity contribution in [1.29, 1.82) is 0 Å². The van der Waals surface area contributed by atoms with Crippen LogP contribution in [0.3, 0.4) is 0 Å². The van der Waals surface area contributed by atoms with Gasteiger partial charge in [-0.1, -0.05) is 6.07 Å². The zero-order valence-corrected chi connectivity index (χ0v) is 18.1. The highest BCUT2D eigenvalue weighted by atomic mass is 19.1. The minimum Gasteiger partial charge on any atom is -0.388 e. The summed E-state index contributed by atoms with van der Waals surface area (Å²) in [5.41, 5.74) is 5.51. The van der Waals surface area contributed by atoms with Crippen LogP contribution in [0.2, 0.25) is 0 Å². The van der Waals surface area contributed by atoms with Gasteiger partial charge in [0.25, 0.3) is 5.91 Å². The summed E-state index contributed by atoms with van der Waals surface area (Å²) in [4.78, 5) is 27.6. The van der Waals surface area contributed by atoms with Crippen LogP contribution < -0.4 is 15.5 Å². The molecule has 5 heterocycles. The molecule has 6 rings (SSSR count). The minimum atomic E-state index is -1.18. The van der Waals surface area contributed by atoms with Crippen molar-refractivity contribution in [3.05, 3.63) is 66.4 Å². The number of fused-ring (bicyclic) bond motifs is 2. The molecule has 1 fully saturated rings. The fourth-order valence-electron chi connectivity index (χ4n) is 4.66. The quantitative estimate of drug-likeness (QED) is 0.431. The molecule has 0 unspecified atom stereocenters. The van der Waals surface area contributed by atoms with E-state index in [4.69, 9.17) is 0 Å². The molecule has 0 saturated carbocycles. The van der Waals surface area contributed by atoms with E-state index in [1.165, 1.54) is 0 Å². The van der Waals surface area contributed by atoms with E-state index in [0.717, 1.165) is 28.2 Å². The Labute approximate surface area is 194 Å². The Kier molecular flexibility index (Phi) is 4.88. The van der Waals surface area contributed by atoms with Crippen LogP contribution in [0.15, 0.2) is 55.2 Å². The first kappa shape index (κ1) is 20.5. The SMILES string of the molecule is O=C1NCc2c(-c3cnc4cnccn34)ccc(Nc3ccc(N4CC[C@H](F)[C@@H](O)C4)cn3)c21. The lowest BCUT2D eigenvalue weighted by Gasteiger charge is -2.33. The second-order valence-corrected chi connectivity index (χ2v) is 8.49. The zero-order chi connectivity index (χ0) is 23.2. The van der Waals surface area contributed by atoms with Gasteiger partial charge >= 0.3 is 0 Å². The number of pyridine rings is 1. The van der Waals surface area contributed by atoms with E-state index >= 15 is 0 Å². The van der Waals surface area contributed by atoms with Crippen LogP contribution in [0, 0.1) is 0 Å². The molecule has 10 heteroatoms. The number of aromatic nitrogens is 4. The van der Waals surface area contributed by atoms with Gasteiger partial charge in [-0.25, -0.2) is 14.4 Å². The zero-order valence-electron chi connectivity index (χ0n) is 18.1. The van der Waals surface area contributed by atoms with Crippen molar-refractivity contribution < 1.29 is 14.3 Å². The third kappa shape index (κ3) is 3.43. The number of carbonyl (C=O) groups is 1. The molecule has 34 heavy (non-hydrogen) atoms. The number of hydrogen-bond acceptors (Lipinski definition) is 7. The first-order valence-electron chi connectivity index (χ1n) is 11.1. The highest BCUT2D eigenvalue weighted by Crippen LogP contribution is 2.35. The van der Waals surface area contributed by atoms with Crippen LogP contribution >= 0.6 is 0 Å². The number of anilines is 3. The number of amides is 1. The van der Waals surface area contributed by atoms with E-state index < -0.39 is 12.3 Å². The molecule has 3 N–H and O–H groups in total. The van der Waals surface area contributed by atoms with Gasteiger partial charge in [-0.3, -0.25) is 14.2 Å². The molecule has 0 aliphatic carbocycles. The van der Waals surface area contributed by atoms with E-state index in [-0.39, 0.29) is 18.9 Å². The summed E-state index contributed by atoms with van der Waals surface area (Å²) in [6.07, 6.45) is 6.83. The summed E-state index contributed by atoms with van der Waals surface area (Å²) in [5, 5.41) is 16.0. The maximum atomic E-state index is 13.6. The topological polar surface area (TPSA) is 108 Å². The van der Waals surface area contributed by atoms with Gasteiger partial charge in [-0.05, 0) is 30.2 Å². The number of rotatable bonds is 4. The number of β-amino-alcohol motifs (C(OH)–C–C–N with tert-alkyl or cyclic N) is 1. The molecule has 3 aromatic heterocycles. The van der Waals surface area contributed by atoms with Gasteiger partial charge in [0, 0.05) is 37.6 Å². The van der Waals surface area contributed by atoms with E-state index in [1.54, 1.807) is 24.8 Å². The normalized spacial score (nSPS) is 19.8. The van der Waals surface area contributed by atoms with Crippen molar-refractivity contribution in [2.24, 2.45) is 0 Å². The number of carbonyl (C=O) groups excluding carboxylic acids is 1.